The van der Waals surface area contributed by atoms with Gasteiger partial charge < -0.3 is 15.2 Å². The molecular formula is C17H21NO2. The van der Waals surface area contributed by atoms with Gasteiger partial charge in [0.2, 0.25) is 0 Å². The lowest BCUT2D eigenvalue weighted by Crippen LogP contribution is -2.17. The largest absolute Gasteiger partial charge is 0.508 e. The van der Waals surface area contributed by atoms with Crippen LogP contribution < -0.4 is 10.1 Å². The maximum atomic E-state index is 9.24. The van der Waals surface area contributed by atoms with Gasteiger partial charge in [-0.25, -0.2) is 0 Å². The van der Waals surface area contributed by atoms with Gasteiger partial charge in [0.05, 0.1) is 0 Å². The average molecular weight is 271 g/mol. The molecule has 2 N–H and O–H groups in total. The first kappa shape index (κ1) is 14.4. The van der Waals surface area contributed by atoms with Gasteiger partial charge in [0.15, 0.2) is 0 Å². The van der Waals surface area contributed by atoms with Crippen LogP contribution in [0.1, 0.15) is 31.0 Å². The summed E-state index contributed by atoms with van der Waals surface area (Å²) in [6.07, 6.45) is 0. The molecule has 0 saturated heterocycles. The first-order chi connectivity index (χ1) is 9.69. The van der Waals surface area contributed by atoms with Crippen LogP contribution in [0, 0.1) is 0 Å². The van der Waals surface area contributed by atoms with Gasteiger partial charge in [0.1, 0.15) is 18.1 Å². The van der Waals surface area contributed by atoms with Gasteiger partial charge in [0, 0.05) is 6.04 Å². The van der Waals surface area contributed by atoms with Gasteiger partial charge >= 0.3 is 0 Å². The number of aromatic hydroxyl groups is 1. The average Bonchev–Trinajstić information content (AvgIpc) is 2.47. The predicted molar refractivity (Wildman–Crippen MR) is 81.0 cm³/mol. The Balaban J connectivity index is 1.99. The normalized spacial score (nSPS) is 12.1. The molecule has 20 heavy (non-hydrogen) atoms. The van der Waals surface area contributed by atoms with Crippen molar-refractivity contribution in [2.45, 2.75) is 26.5 Å². The Morgan fingerprint density at radius 1 is 1.15 bits per heavy atom. The summed E-state index contributed by atoms with van der Waals surface area (Å²) in [6.45, 7) is 5.68. The van der Waals surface area contributed by atoms with Gasteiger partial charge in [0.25, 0.3) is 0 Å². The van der Waals surface area contributed by atoms with Crippen molar-refractivity contribution in [1.82, 2.24) is 5.32 Å². The van der Waals surface area contributed by atoms with Crippen LogP contribution in [0.4, 0.5) is 0 Å². The van der Waals surface area contributed by atoms with Crippen LogP contribution in [-0.2, 0) is 6.61 Å². The van der Waals surface area contributed by atoms with E-state index < -0.39 is 0 Å². The summed E-state index contributed by atoms with van der Waals surface area (Å²) in [5.41, 5.74) is 2.25. The number of phenolic OH excluding ortho intramolecular Hbond substituents is 1. The molecule has 0 heterocycles. The molecule has 106 valence electrons. The second kappa shape index (κ2) is 6.96. The molecule has 0 saturated carbocycles. The maximum absolute atomic E-state index is 9.24. The Hall–Kier alpha value is -2.00. The lowest BCUT2D eigenvalue weighted by atomic mass is 10.1. The minimum absolute atomic E-state index is 0.273. The zero-order valence-corrected chi connectivity index (χ0v) is 12.0. The van der Waals surface area contributed by atoms with Gasteiger partial charge in [-0.3, -0.25) is 0 Å². The Bertz CT molecular complexity index is 537. The Labute approximate surface area is 120 Å². The van der Waals surface area contributed by atoms with E-state index in [0.29, 0.717) is 12.6 Å². The molecule has 0 aliphatic heterocycles. The Morgan fingerprint density at radius 3 is 2.60 bits per heavy atom. The van der Waals surface area contributed by atoms with Crippen LogP contribution in [0.3, 0.4) is 0 Å². The first-order valence-electron chi connectivity index (χ1n) is 6.93. The van der Waals surface area contributed by atoms with E-state index in [1.807, 2.05) is 24.3 Å². The summed E-state index contributed by atoms with van der Waals surface area (Å²) >= 11 is 0. The summed E-state index contributed by atoms with van der Waals surface area (Å²) in [5.74, 6) is 1.13. The van der Waals surface area contributed by atoms with Crippen molar-refractivity contribution >= 4 is 0 Å². The highest BCUT2D eigenvalue weighted by atomic mass is 16.5. The maximum Gasteiger partial charge on any atom is 0.120 e. The lowest BCUT2D eigenvalue weighted by Gasteiger charge is -2.14. The van der Waals surface area contributed by atoms with E-state index in [1.54, 1.807) is 12.1 Å². The van der Waals surface area contributed by atoms with E-state index in [4.69, 9.17) is 4.74 Å². The summed E-state index contributed by atoms with van der Waals surface area (Å²) < 4.78 is 5.79. The molecule has 0 aliphatic rings. The predicted octanol–water partition coefficient (Wildman–Crippen LogP) is 3.64. The molecule has 0 aliphatic carbocycles. The van der Waals surface area contributed by atoms with Crippen molar-refractivity contribution in [3.8, 4) is 11.5 Å². The van der Waals surface area contributed by atoms with Crippen molar-refractivity contribution in [3.63, 3.8) is 0 Å². The Kier molecular flexibility index (Phi) is 5.02. The fourth-order valence-corrected chi connectivity index (χ4v) is 2.06. The molecule has 2 rings (SSSR count). The molecule has 3 heteroatoms. The van der Waals surface area contributed by atoms with Crippen molar-refractivity contribution in [2.24, 2.45) is 0 Å². The molecular weight excluding hydrogens is 250 g/mol. The minimum atomic E-state index is 0.273. The summed E-state index contributed by atoms with van der Waals surface area (Å²) in [6, 6.07) is 15.5. The molecule has 0 radical (unpaired) electrons. The fraction of sp³-hybridized carbons (Fsp3) is 0.294. The number of hydrogen-bond acceptors (Lipinski definition) is 3. The quantitative estimate of drug-likeness (QED) is 0.842. The molecule has 0 amide bonds. The van der Waals surface area contributed by atoms with E-state index in [0.717, 1.165) is 17.9 Å². The zero-order valence-electron chi connectivity index (χ0n) is 12.0. The molecule has 1 unspecified atom stereocenters. The van der Waals surface area contributed by atoms with Crippen LogP contribution in [0.5, 0.6) is 11.5 Å². The second-order valence-corrected chi connectivity index (χ2v) is 4.81. The van der Waals surface area contributed by atoms with Gasteiger partial charge in [-0.2, -0.15) is 0 Å². The molecule has 2 aromatic carbocycles. The summed E-state index contributed by atoms with van der Waals surface area (Å²) in [4.78, 5) is 0. The molecule has 0 aromatic heterocycles. The van der Waals surface area contributed by atoms with Gasteiger partial charge in [-0.05, 0) is 48.9 Å². The van der Waals surface area contributed by atoms with Crippen molar-refractivity contribution < 1.29 is 9.84 Å². The third-order valence-corrected chi connectivity index (χ3v) is 3.21. The summed E-state index contributed by atoms with van der Waals surface area (Å²) in [5, 5.41) is 12.6. The van der Waals surface area contributed by atoms with Crippen LogP contribution in [0.15, 0.2) is 48.5 Å². The highest BCUT2D eigenvalue weighted by Gasteiger charge is 2.05. The van der Waals surface area contributed by atoms with Crippen molar-refractivity contribution in [1.29, 1.82) is 0 Å². The molecule has 2 aromatic rings. The van der Waals surface area contributed by atoms with E-state index in [-0.39, 0.29) is 5.75 Å². The molecule has 1 atom stereocenters. The van der Waals surface area contributed by atoms with E-state index in [9.17, 15) is 5.11 Å². The van der Waals surface area contributed by atoms with Crippen molar-refractivity contribution in [2.75, 3.05) is 6.54 Å². The minimum Gasteiger partial charge on any atom is -0.508 e. The number of phenols is 1. The van der Waals surface area contributed by atoms with Crippen LogP contribution >= 0.6 is 0 Å². The third-order valence-electron chi connectivity index (χ3n) is 3.21. The van der Waals surface area contributed by atoms with Crippen LogP contribution in [0.2, 0.25) is 0 Å². The molecule has 0 bridgehead atoms. The smallest absolute Gasteiger partial charge is 0.120 e. The topological polar surface area (TPSA) is 41.5 Å². The first-order valence-corrected chi connectivity index (χ1v) is 6.93. The second-order valence-electron chi connectivity index (χ2n) is 4.81. The van der Waals surface area contributed by atoms with Crippen LogP contribution in [-0.4, -0.2) is 11.7 Å². The fourth-order valence-electron chi connectivity index (χ4n) is 2.06. The molecule has 0 fully saturated rings. The van der Waals surface area contributed by atoms with Gasteiger partial charge in [-0.15, -0.1) is 0 Å². The zero-order chi connectivity index (χ0) is 14.4. The lowest BCUT2D eigenvalue weighted by molar-refractivity contribution is 0.305. The molecule has 3 nitrogen and oxygen atoms in total. The van der Waals surface area contributed by atoms with E-state index in [1.165, 1.54) is 5.56 Å². The number of nitrogens with one attached hydrogen (secondary N) is 1. The van der Waals surface area contributed by atoms with E-state index >= 15 is 0 Å². The standard InChI is InChI=1S/C17H21NO2/c1-3-18-13(2)15-5-4-6-17(11-15)20-12-14-7-9-16(19)10-8-14/h4-11,13,18-19H,3,12H2,1-2H3. The van der Waals surface area contributed by atoms with E-state index in [2.05, 4.69) is 31.3 Å². The highest BCUT2D eigenvalue weighted by molar-refractivity contribution is 5.31. The SMILES string of the molecule is CCNC(C)c1cccc(OCc2ccc(O)cc2)c1. The third kappa shape index (κ3) is 4.00. The number of ether oxygens (including phenoxy) is 1. The number of benzene rings is 2. The summed E-state index contributed by atoms with van der Waals surface area (Å²) in [7, 11) is 0. The highest BCUT2D eigenvalue weighted by Crippen LogP contribution is 2.20. The molecule has 0 spiro atoms. The monoisotopic (exact) mass is 271 g/mol. The van der Waals surface area contributed by atoms with Crippen LogP contribution in [0.25, 0.3) is 0 Å². The van der Waals surface area contributed by atoms with Gasteiger partial charge in [-0.1, -0.05) is 31.2 Å². The Morgan fingerprint density at radius 2 is 1.90 bits per heavy atom. The van der Waals surface area contributed by atoms with Crippen molar-refractivity contribution in [3.05, 3.63) is 59.7 Å². The number of rotatable bonds is 6. The number of hydrogen-bond donors (Lipinski definition) is 2.